The van der Waals surface area contributed by atoms with Crippen LogP contribution in [0.3, 0.4) is 0 Å². The van der Waals surface area contributed by atoms with Crippen LogP contribution in [-0.2, 0) is 9.59 Å². The highest BCUT2D eigenvalue weighted by molar-refractivity contribution is 6.02. The Labute approximate surface area is 91.7 Å². The molecule has 2 heteroatoms. The van der Waals surface area contributed by atoms with Crippen molar-refractivity contribution < 1.29 is 9.59 Å². The zero-order valence-electron chi connectivity index (χ0n) is 9.66. The van der Waals surface area contributed by atoms with E-state index in [0.717, 1.165) is 19.3 Å². The van der Waals surface area contributed by atoms with Crippen LogP contribution in [-0.4, -0.2) is 11.6 Å². The fourth-order valence-electron chi connectivity index (χ4n) is 2.21. The van der Waals surface area contributed by atoms with E-state index in [2.05, 4.69) is 12.2 Å². The van der Waals surface area contributed by atoms with E-state index >= 15 is 0 Å². The van der Waals surface area contributed by atoms with Crippen LogP contribution in [0.15, 0.2) is 12.2 Å². The molecule has 0 N–H and O–H groups in total. The molecule has 1 unspecified atom stereocenters. The Morgan fingerprint density at radius 1 is 1.27 bits per heavy atom. The summed E-state index contributed by atoms with van der Waals surface area (Å²) < 4.78 is 0. The van der Waals surface area contributed by atoms with Crippen molar-refractivity contribution in [3.05, 3.63) is 12.2 Å². The van der Waals surface area contributed by atoms with Gasteiger partial charge in [0.05, 0.1) is 5.92 Å². The maximum absolute atomic E-state index is 11.8. The highest BCUT2D eigenvalue weighted by atomic mass is 16.1. The zero-order chi connectivity index (χ0) is 11.3. The lowest BCUT2D eigenvalue weighted by molar-refractivity contribution is -0.134. The summed E-state index contributed by atoms with van der Waals surface area (Å²) in [5, 5.41) is 0. The topological polar surface area (TPSA) is 34.1 Å². The number of hydrogen-bond donors (Lipinski definition) is 0. The van der Waals surface area contributed by atoms with E-state index < -0.39 is 0 Å². The van der Waals surface area contributed by atoms with Crippen LogP contribution in [0.2, 0.25) is 0 Å². The number of rotatable bonds is 5. The highest BCUT2D eigenvalue weighted by Gasteiger charge is 2.31. The molecule has 0 aromatic carbocycles. The first-order chi connectivity index (χ1) is 7.20. The van der Waals surface area contributed by atoms with Crippen molar-refractivity contribution in [3.8, 4) is 0 Å². The molecule has 1 atom stereocenters. The summed E-state index contributed by atoms with van der Waals surface area (Å²) in [5.41, 5.74) is 0. The van der Waals surface area contributed by atoms with E-state index in [1.165, 1.54) is 0 Å². The normalized spacial score (nSPS) is 20.6. The fraction of sp³-hybridized carbons (Fsp3) is 0.692. The number of carbonyl (C=O) groups excluding carboxylic acids is 2. The van der Waals surface area contributed by atoms with Gasteiger partial charge in [-0.05, 0) is 25.2 Å². The van der Waals surface area contributed by atoms with E-state index in [1.807, 2.05) is 13.8 Å². The molecule has 0 bridgehead atoms. The number of Topliss-reactive ketones (excluding diaryl/α,β-unsaturated/α-hetero) is 2. The summed E-state index contributed by atoms with van der Waals surface area (Å²) >= 11 is 0. The lowest BCUT2D eigenvalue weighted by Crippen LogP contribution is -2.30. The first kappa shape index (κ1) is 12.2. The molecule has 0 saturated carbocycles. The maximum Gasteiger partial charge on any atom is 0.143 e. The van der Waals surface area contributed by atoms with Crippen LogP contribution in [0.1, 0.15) is 46.0 Å². The molecular formula is C13H20O2. The van der Waals surface area contributed by atoms with Crippen molar-refractivity contribution in [1.29, 1.82) is 0 Å². The van der Waals surface area contributed by atoms with Crippen molar-refractivity contribution in [2.45, 2.75) is 46.0 Å². The zero-order valence-corrected chi connectivity index (χ0v) is 9.66. The minimum Gasteiger partial charge on any atom is -0.299 e. The quantitative estimate of drug-likeness (QED) is 0.514. The van der Waals surface area contributed by atoms with Gasteiger partial charge in [0.15, 0.2) is 0 Å². The summed E-state index contributed by atoms with van der Waals surface area (Å²) in [5.74, 6) is 0.0204. The average Bonchev–Trinajstić information content (AvgIpc) is 2.30. The van der Waals surface area contributed by atoms with E-state index in [0.29, 0.717) is 12.8 Å². The lowest BCUT2D eigenvalue weighted by atomic mass is 9.78. The third kappa shape index (κ3) is 3.01. The molecule has 0 spiro atoms. The number of ketones is 2. The molecule has 0 heterocycles. The number of allylic oxidation sites excluding steroid dienone is 2. The highest BCUT2D eigenvalue weighted by Crippen LogP contribution is 2.27. The van der Waals surface area contributed by atoms with Crippen LogP contribution >= 0.6 is 0 Å². The van der Waals surface area contributed by atoms with Gasteiger partial charge < -0.3 is 0 Å². The van der Waals surface area contributed by atoms with E-state index in [-0.39, 0.29) is 23.4 Å². The van der Waals surface area contributed by atoms with Crippen LogP contribution in [0.4, 0.5) is 0 Å². The molecule has 1 aliphatic carbocycles. The van der Waals surface area contributed by atoms with Gasteiger partial charge in [0.1, 0.15) is 11.6 Å². The summed E-state index contributed by atoms with van der Waals surface area (Å²) in [6.45, 7) is 3.68. The first-order valence-corrected chi connectivity index (χ1v) is 5.92. The minimum absolute atomic E-state index is 0.110. The molecule has 2 nitrogen and oxygen atoms in total. The predicted octanol–water partition coefficient (Wildman–Crippen LogP) is 2.92. The molecular weight excluding hydrogens is 188 g/mol. The molecule has 0 saturated heterocycles. The van der Waals surface area contributed by atoms with E-state index in [4.69, 9.17) is 0 Å². The van der Waals surface area contributed by atoms with Gasteiger partial charge in [-0.15, -0.1) is 0 Å². The van der Waals surface area contributed by atoms with Gasteiger partial charge in [-0.2, -0.15) is 0 Å². The van der Waals surface area contributed by atoms with Crippen molar-refractivity contribution in [2.24, 2.45) is 11.8 Å². The Hall–Kier alpha value is -0.920. The molecule has 15 heavy (non-hydrogen) atoms. The largest absolute Gasteiger partial charge is 0.299 e. The van der Waals surface area contributed by atoms with E-state index in [9.17, 15) is 9.59 Å². The summed E-state index contributed by atoms with van der Waals surface area (Å²) in [7, 11) is 0. The molecule has 0 radical (unpaired) electrons. The molecule has 84 valence electrons. The fourth-order valence-corrected chi connectivity index (χ4v) is 2.21. The predicted molar refractivity (Wildman–Crippen MR) is 60.6 cm³/mol. The van der Waals surface area contributed by atoms with Gasteiger partial charge in [0.25, 0.3) is 0 Å². The molecule has 0 aromatic rings. The second kappa shape index (κ2) is 5.84. The Balaban J connectivity index is 2.79. The monoisotopic (exact) mass is 208 g/mol. The molecule has 0 aromatic heterocycles. The van der Waals surface area contributed by atoms with Crippen LogP contribution in [0.5, 0.6) is 0 Å². The van der Waals surface area contributed by atoms with Crippen LogP contribution in [0.25, 0.3) is 0 Å². The summed E-state index contributed by atoms with van der Waals surface area (Å²) in [4.78, 5) is 23.5. The Morgan fingerprint density at radius 2 is 1.87 bits per heavy atom. The van der Waals surface area contributed by atoms with Gasteiger partial charge in [-0.25, -0.2) is 0 Å². The standard InChI is InChI=1S/C13H20O2/c1-3-11(14)13(12(15)4-2)10-8-6-5-7-9-10/h6,8,10,13H,3-5,7,9H2,1-2H3. The van der Waals surface area contributed by atoms with Crippen molar-refractivity contribution in [1.82, 2.24) is 0 Å². The lowest BCUT2D eigenvalue weighted by Gasteiger charge is -2.24. The third-order valence-electron chi connectivity index (χ3n) is 3.11. The minimum atomic E-state index is -0.364. The van der Waals surface area contributed by atoms with Gasteiger partial charge in [0, 0.05) is 12.8 Å². The van der Waals surface area contributed by atoms with Gasteiger partial charge in [0.2, 0.25) is 0 Å². The van der Waals surface area contributed by atoms with E-state index in [1.54, 1.807) is 0 Å². The smallest absolute Gasteiger partial charge is 0.143 e. The molecule has 1 aliphatic rings. The van der Waals surface area contributed by atoms with Crippen molar-refractivity contribution in [3.63, 3.8) is 0 Å². The molecule has 0 fully saturated rings. The third-order valence-corrected chi connectivity index (χ3v) is 3.11. The summed E-state index contributed by atoms with van der Waals surface area (Å²) in [6.07, 6.45) is 8.29. The Bertz CT molecular complexity index is 250. The first-order valence-electron chi connectivity index (χ1n) is 5.92. The average molecular weight is 208 g/mol. The Morgan fingerprint density at radius 3 is 2.27 bits per heavy atom. The van der Waals surface area contributed by atoms with Gasteiger partial charge in [-0.3, -0.25) is 9.59 Å². The second-order valence-electron chi connectivity index (χ2n) is 4.14. The van der Waals surface area contributed by atoms with Crippen molar-refractivity contribution >= 4 is 11.6 Å². The van der Waals surface area contributed by atoms with Crippen molar-refractivity contribution in [2.75, 3.05) is 0 Å². The van der Waals surface area contributed by atoms with Crippen LogP contribution in [0, 0.1) is 11.8 Å². The number of carbonyl (C=O) groups is 2. The Kier molecular flexibility index (Phi) is 4.73. The van der Waals surface area contributed by atoms with Crippen LogP contribution < -0.4 is 0 Å². The number of hydrogen-bond acceptors (Lipinski definition) is 2. The molecule has 0 amide bonds. The SMILES string of the molecule is CCC(=O)C(C(=O)CC)C1C=CCCC1. The maximum atomic E-state index is 11.8. The van der Waals surface area contributed by atoms with Gasteiger partial charge in [-0.1, -0.05) is 26.0 Å². The molecule has 1 rings (SSSR count). The molecule has 0 aliphatic heterocycles. The van der Waals surface area contributed by atoms with Gasteiger partial charge >= 0.3 is 0 Å². The summed E-state index contributed by atoms with van der Waals surface area (Å²) in [6, 6.07) is 0. The second-order valence-corrected chi connectivity index (χ2v) is 4.14.